The smallest absolute Gasteiger partial charge is 0.335 e. The number of aromatic nitrogens is 1. The third kappa shape index (κ3) is 3.99. The Labute approximate surface area is 181 Å². The normalized spacial score (nSPS) is 26.2. The number of aliphatic hydroxyl groups is 4. The number of halogens is 1. The van der Waals surface area contributed by atoms with Gasteiger partial charge in [-0.15, -0.1) is 0 Å². The van der Waals surface area contributed by atoms with Crippen molar-refractivity contribution < 1.29 is 39.8 Å². The highest BCUT2D eigenvalue weighted by molar-refractivity contribution is 6.32. The number of rotatable bonds is 5. The second kappa shape index (κ2) is 8.46. The number of carboxylic acids is 1. The van der Waals surface area contributed by atoms with E-state index in [1.165, 1.54) is 12.1 Å². The molecule has 5 N–H and O–H groups in total. The first kappa shape index (κ1) is 21.6. The maximum atomic E-state index is 11.3. The summed E-state index contributed by atoms with van der Waals surface area (Å²) in [5.74, 6) is -0.881. The van der Waals surface area contributed by atoms with Gasteiger partial charge in [0.25, 0.3) is 0 Å². The summed E-state index contributed by atoms with van der Waals surface area (Å²) >= 11 is 6.35. The molecule has 1 aliphatic rings. The monoisotopic (exact) mass is 449 g/mol. The van der Waals surface area contributed by atoms with Gasteiger partial charge in [0.05, 0.1) is 22.7 Å². The van der Waals surface area contributed by atoms with E-state index in [-0.39, 0.29) is 16.3 Å². The Bertz CT molecular complexity index is 1110. The van der Waals surface area contributed by atoms with E-state index in [1.807, 2.05) is 6.07 Å². The minimum Gasteiger partial charge on any atom is -0.478 e. The summed E-state index contributed by atoms with van der Waals surface area (Å²) in [4.78, 5) is 11.3. The predicted octanol–water partition coefficient (Wildman–Crippen LogP) is 1.16. The molecule has 0 bridgehead atoms. The van der Waals surface area contributed by atoms with Crippen molar-refractivity contribution in [3.63, 3.8) is 0 Å². The number of nitrogens with zero attached hydrogens (tertiary/aromatic N) is 1. The summed E-state index contributed by atoms with van der Waals surface area (Å²) in [6, 6.07) is 11.4. The molecule has 3 aromatic rings. The SMILES string of the molecule is O=C(O)c1ccc2ccn(-c3ccc(O[C@H]4OC(CO)C(O)C(O)C4O)c(Cl)c3)c2c1. The molecule has 4 rings (SSSR count). The van der Waals surface area contributed by atoms with E-state index in [9.17, 15) is 30.3 Å². The summed E-state index contributed by atoms with van der Waals surface area (Å²) in [7, 11) is 0. The van der Waals surface area contributed by atoms with E-state index < -0.39 is 43.3 Å². The van der Waals surface area contributed by atoms with Crippen LogP contribution in [0.1, 0.15) is 10.4 Å². The standard InChI is InChI=1S/C21H20ClNO8/c22-13-8-12(23-6-5-10-1-2-11(20(28)29)7-14(10)23)3-4-15(13)30-21-19(27)18(26)17(25)16(9-24)31-21/h1-8,16-19,21,24-27H,9H2,(H,28,29)/t16?,17?,18?,19?,21-/m0/s1. The fourth-order valence-corrected chi connectivity index (χ4v) is 3.73. The lowest BCUT2D eigenvalue weighted by atomic mass is 9.99. The largest absolute Gasteiger partial charge is 0.478 e. The Morgan fingerprint density at radius 3 is 2.52 bits per heavy atom. The van der Waals surface area contributed by atoms with Crippen LogP contribution in [0.5, 0.6) is 5.75 Å². The van der Waals surface area contributed by atoms with Crippen LogP contribution >= 0.6 is 11.6 Å². The number of benzene rings is 2. The van der Waals surface area contributed by atoms with Gasteiger partial charge in [-0.1, -0.05) is 17.7 Å². The molecule has 1 fully saturated rings. The number of hydrogen-bond donors (Lipinski definition) is 5. The Morgan fingerprint density at radius 2 is 1.84 bits per heavy atom. The van der Waals surface area contributed by atoms with E-state index >= 15 is 0 Å². The second-order valence-corrected chi connectivity index (χ2v) is 7.60. The van der Waals surface area contributed by atoms with Gasteiger partial charge in [-0.05, 0) is 41.8 Å². The maximum absolute atomic E-state index is 11.3. The minimum absolute atomic E-state index is 0.150. The number of carbonyl (C=O) groups is 1. The zero-order chi connectivity index (χ0) is 22.3. The lowest BCUT2D eigenvalue weighted by Gasteiger charge is -2.39. The highest BCUT2D eigenvalue weighted by Crippen LogP contribution is 2.32. The van der Waals surface area contributed by atoms with Gasteiger partial charge >= 0.3 is 5.97 Å². The summed E-state index contributed by atoms with van der Waals surface area (Å²) < 4.78 is 12.7. The first-order valence-corrected chi connectivity index (χ1v) is 9.79. The van der Waals surface area contributed by atoms with Crippen LogP contribution in [0.3, 0.4) is 0 Å². The fraction of sp³-hybridized carbons (Fsp3) is 0.286. The highest BCUT2D eigenvalue weighted by Gasteiger charge is 2.44. The van der Waals surface area contributed by atoms with Gasteiger partial charge in [0.2, 0.25) is 6.29 Å². The van der Waals surface area contributed by atoms with Crippen LogP contribution in [0.15, 0.2) is 48.7 Å². The summed E-state index contributed by atoms with van der Waals surface area (Å²) in [5.41, 5.74) is 1.48. The molecule has 4 unspecified atom stereocenters. The molecule has 2 aromatic carbocycles. The predicted molar refractivity (Wildman–Crippen MR) is 110 cm³/mol. The molecule has 2 heterocycles. The van der Waals surface area contributed by atoms with E-state index in [4.69, 9.17) is 21.1 Å². The number of fused-ring (bicyclic) bond motifs is 1. The lowest BCUT2D eigenvalue weighted by molar-refractivity contribution is -0.277. The van der Waals surface area contributed by atoms with Crippen LogP contribution < -0.4 is 4.74 Å². The van der Waals surface area contributed by atoms with Gasteiger partial charge in [-0.25, -0.2) is 4.79 Å². The van der Waals surface area contributed by atoms with Crippen LogP contribution in [-0.2, 0) is 4.74 Å². The van der Waals surface area contributed by atoms with Crippen LogP contribution in [0, 0.1) is 0 Å². The van der Waals surface area contributed by atoms with Crippen molar-refractivity contribution in [2.24, 2.45) is 0 Å². The van der Waals surface area contributed by atoms with Crippen LogP contribution in [-0.4, -0.2) is 73.4 Å². The number of aliphatic hydroxyl groups excluding tert-OH is 4. The van der Waals surface area contributed by atoms with E-state index in [1.54, 1.807) is 35.0 Å². The quantitative estimate of drug-likeness (QED) is 0.390. The maximum Gasteiger partial charge on any atom is 0.335 e. The molecule has 1 aromatic heterocycles. The van der Waals surface area contributed by atoms with Crippen molar-refractivity contribution in [3.8, 4) is 11.4 Å². The van der Waals surface area contributed by atoms with Crippen LogP contribution in [0.4, 0.5) is 0 Å². The minimum atomic E-state index is -1.57. The molecule has 10 heteroatoms. The molecule has 0 amide bonds. The summed E-state index contributed by atoms with van der Waals surface area (Å²) in [5, 5.41) is 49.4. The van der Waals surface area contributed by atoms with E-state index in [0.717, 1.165) is 5.39 Å². The molecular formula is C21H20ClNO8. The number of hydrogen-bond acceptors (Lipinski definition) is 7. The van der Waals surface area contributed by atoms with Gasteiger partial charge in [0.15, 0.2) is 0 Å². The number of ether oxygens (including phenoxy) is 2. The van der Waals surface area contributed by atoms with Crippen LogP contribution in [0.25, 0.3) is 16.6 Å². The molecule has 0 radical (unpaired) electrons. The molecule has 9 nitrogen and oxygen atoms in total. The molecular weight excluding hydrogens is 430 g/mol. The third-order valence-electron chi connectivity index (χ3n) is 5.23. The molecule has 31 heavy (non-hydrogen) atoms. The average Bonchev–Trinajstić information content (AvgIpc) is 3.18. The lowest BCUT2D eigenvalue weighted by Crippen LogP contribution is -2.60. The summed E-state index contributed by atoms with van der Waals surface area (Å²) in [6.45, 7) is -0.573. The van der Waals surface area contributed by atoms with E-state index in [0.29, 0.717) is 11.2 Å². The molecule has 0 saturated carbocycles. The average molecular weight is 450 g/mol. The van der Waals surface area contributed by atoms with Crippen molar-refractivity contribution in [3.05, 3.63) is 59.2 Å². The molecule has 5 atom stereocenters. The fourth-order valence-electron chi connectivity index (χ4n) is 3.51. The molecule has 0 spiro atoms. The van der Waals surface area contributed by atoms with Crippen LogP contribution in [0.2, 0.25) is 5.02 Å². The molecule has 164 valence electrons. The van der Waals surface area contributed by atoms with Gasteiger partial charge in [-0.2, -0.15) is 0 Å². The second-order valence-electron chi connectivity index (χ2n) is 7.19. The van der Waals surface area contributed by atoms with Crippen molar-refractivity contribution >= 4 is 28.5 Å². The molecule has 1 saturated heterocycles. The third-order valence-corrected chi connectivity index (χ3v) is 5.52. The van der Waals surface area contributed by atoms with Crippen molar-refractivity contribution in [2.45, 2.75) is 30.7 Å². The molecule has 1 aliphatic heterocycles. The van der Waals surface area contributed by atoms with Gasteiger partial charge < -0.3 is 39.6 Å². The first-order valence-electron chi connectivity index (χ1n) is 9.41. The number of carboxylic acid groups (broad SMARTS) is 1. The van der Waals surface area contributed by atoms with E-state index in [2.05, 4.69) is 0 Å². The van der Waals surface area contributed by atoms with Gasteiger partial charge in [0, 0.05) is 11.9 Å². The van der Waals surface area contributed by atoms with Crippen molar-refractivity contribution in [1.82, 2.24) is 4.57 Å². The van der Waals surface area contributed by atoms with Crippen molar-refractivity contribution in [1.29, 1.82) is 0 Å². The Hall–Kier alpha value is -2.66. The Kier molecular flexibility index (Phi) is 5.89. The van der Waals surface area contributed by atoms with Crippen molar-refractivity contribution in [2.75, 3.05) is 6.61 Å². The highest BCUT2D eigenvalue weighted by atomic mass is 35.5. The zero-order valence-electron chi connectivity index (χ0n) is 16.0. The molecule has 0 aliphatic carbocycles. The Morgan fingerprint density at radius 1 is 1.06 bits per heavy atom. The Balaban J connectivity index is 1.61. The van der Waals surface area contributed by atoms with Gasteiger partial charge in [-0.3, -0.25) is 0 Å². The topological polar surface area (TPSA) is 142 Å². The first-order chi connectivity index (χ1) is 14.8. The zero-order valence-corrected chi connectivity index (χ0v) is 16.8. The van der Waals surface area contributed by atoms with Gasteiger partial charge in [0.1, 0.15) is 30.2 Å². The number of aromatic carboxylic acids is 1. The summed E-state index contributed by atoms with van der Waals surface area (Å²) in [6.07, 6.45) is -5.30.